The molecule has 1 fully saturated rings. The van der Waals surface area contributed by atoms with E-state index in [9.17, 15) is 0 Å². The number of nitrogens with zero attached hydrogens (tertiary/aromatic N) is 1. The third-order valence-corrected chi connectivity index (χ3v) is 2.78. The normalized spacial score (nSPS) is 24.7. The van der Waals surface area contributed by atoms with Crippen LogP contribution in [0.1, 0.15) is 19.8 Å². The molecule has 0 aromatic carbocycles. The molecule has 0 unspecified atom stereocenters. The van der Waals surface area contributed by atoms with Crippen LogP contribution in [-0.2, 0) is 0 Å². The number of ether oxygens (including phenoxy) is 1. The van der Waals surface area contributed by atoms with E-state index in [1.54, 1.807) is 18.5 Å². The van der Waals surface area contributed by atoms with E-state index in [0.29, 0.717) is 17.2 Å². The highest BCUT2D eigenvalue weighted by atomic mass is 35.5. The van der Waals surface area contributed by atoms with Gasteiger partial charge in [0.05, 0.1) is 11.2 Å². The fourth-order valence-electron chi connectivity index (χ4n) is 1.77. The summed E-state index contributed by atoms with van der Waals surface area (Å²) in [6.45, 7) is 3.14. The molecule has 4 heteroatoms. The molecule has 82 valence electrons. The minimum atomic E-state index is 0.314. The van der Waals surface area contributed by atoms with Crippen molar-refractivity contribution in [3.8, 4) is 5.75 Å². The number of hydrogen-bond acceptors (Lipinski definition) is 3. The molecule has 0 radical (unpaired) electrons. The molecule has 1 aromatic heterocycles. The van der Waals surface area contributed by atoms with Gasteiger partial charge in [-0.25, -0.2) is 0 Å². The Balaban J connectivity index is 1.80. The van der Waals surface area contributed by atoms with E-state index in [2.05, 4.69) is 17.2 Å². The molecule has 1 N–H and O–H groups in total. The molecule has 1 aliphatic carbocycles. The molecule has 0 spiro atoms. The Hall–Kier alpha value is -0.800. The second-order valence-corrected chi connectivity index (χ2v) is 4.24. The van der Waals surface area contributed by atoms with Crippen molar-refractivity contribution in [1.82, 2.24) is 10.3 Å². The van der Waals surface area contributed by atoms with Gasteiger partial charge in [0.25, 0.3) is 0 Å². The maximum absolute atomic E-state index is 5.81. The van der Waals surface area contributed by atoms with Crippen molar-refractivity contribution in [3.05, 3.63) is 23.5 Å². The summed E-state index contributed by atoms with van der Waals surface area (Å²) in [6, 6.07) is 2.42. The summed E-state index contributed by atoms with van der Waals surface area (Å²) in [5.41, 5.74) is 0. The summed E-state index contributed by atoms with van der Waals surface area (Å²) in [4.78, 5) is 3.98. The molecule has 0 saturated heterocycles. The Morgan fingerprint density at radius 3 is 3.00 bits per heavy atom. The van der Waals surface area contributed by atoms with E-state index < -0.39 is 0 Å². The van der Waals surface area contributed by atoms with Crippen molar-refractivity contribution >= 4 is 11.6 Å². The Labute approximate surface area is 94.8 Å². The lowest BCUT2D eigenvalue weighted by Crippen LogP contribution is -2.46. The summed E-state index contributed by atoms with van der Waals surface area (Å²) in [7, 11) is 0. The van der Waals surface area contributed by atoms with E-state index in [4.69, 9.17) is 16.3 Å². The van der Waals surface area contributed by atoms with Gasteiger partial charge < -0.3 is 10.1 Å². The second-order valence-electron chi connectivity index (χ2n) is 3.80. The number of hydrogen-bond donors (Lipinski definition) is 1. The van der Waals surface area contributed by atoms with E-state index in [1.165, 1.54) is 0 Å². The van der Waals surface area contributed by atoms with Gasteiger partial charge in [-0.2, -0.15) is 0 Å². The second kappa shape index (κ2) is 4.81. The first-order valence-electron chi connectivity index (χ1n) is 5.28. The van der Waals surface area contributed by atoms with Crippen LogP contribution in [0, 0.1) is 0 Å². The van der Waals surface area contributed by atoms with Crippen LogP contribution in [0.15, 0.2) is 18.5 Å². The van der Waals surface area contributed by atoms with E-state index >= 15 is 0 Å². The van der Waals surface area contributed by atoms with Crippen LogP contribution in [0.2, 0.25) is 5.02 Å². The van der Waals surface area contributed by atoms with Gasteiger partial charge in [-0.1, -0.05) is 18.5 Å². The number of halogens is 1. The predicted octanol–water partition coefficient (Wildman–Crippen LogP) is 2.25. The largest absolute Gasteiger partial charge is 0.489 e. The van der Waals surface area contributed by atoms with Crippen LogP contribution in [0.5, 0.6) is 5.75 Å². The van der Waals surface area contributed by atoms with E-state index in [0.717, 1.165) is 25.1 Å². The van der Waals surface area contributed by atoms with Gasteiger partial charge in [-0.3, -0.25) is 4.98 Å². The fourth-order valence-corrected chi connectivity index (χ4v) is 1.93. The Morgan fingerprint density at radius 2 is 2.33 bits per heavy atom. The minimum absolute atomic E-state index is 0.314. The van der Waals surface area contributed by atoms with Gasteiger partial charge in [0.15, 0.2) is 0 Å². The molecule has 2 rings (SSSR count). The summed E-state index contributed by atoms with van der Waals surface area (Å²) in [6.07, 6.45) is 5.76. The fraction of sp³-hybridized carbons (Fsp3) is 0.545. The van der Waals surface area contributed by atoms with Crippen molar-refractivity contribution < 1.29 is 4.74 Å². The van der Waals surface area contributed by atoms with Crippen LogP contribution in [0.25, 0.3) is 0 Å². The summed E-state index contributed by atoms with van der Waals surface area (Å²) >= 11 is 5.81. The zero-order valence-electron chi connectivity index (χ0n) is 8.74. The number of rotatable bonds is 4. The van der Waals surface area contributed by atoms with Crippen LogP contribution >= 0.6 is 11.6 Å². The smallest absolute Gasteiger partial charge is 0.139 e. The summed E-state index contributed by atoms with van der Waals surface area (Å²) in [5.74, 6) is 0.766. The van der Waals surface area contributed by atoms with Crippen LogP contribution in [0.3, 0.4) is 0 Å². The zero-order chi connectivity index (χ0) is 10.7. The molecule has 0 aliphatic heterocycles. The third kappa shape index (κ3) is 2.83. The minimum Gasteiger partial charge on any atom is -0.489 e. The highest BCUT2D eigenvalue weighted by Gasteiger charge is 2.29. The molecule has 1 aromatic rings. The van der Waals surface area contributed by atoms with Crippen LogP contribution < -0.4 is 10.1 Å². The Kier molecular flexibility index (Phi) is 3.44. The quantitative estimate of drug-likeness (QED) is 0.855. The predicted molar refractivity (Wildman–Crippen MR) is 60.4 cm³/mol. The van der Waals surface area contributed by atoms with Crippen molar-refractivity contribution in [1.29, 1.82) is 0 Å². The lowest BCUT2D eigenvalue weighted by molar-refractivity contribution is 0.0856. The van der Waals surface area contributed by atoms with E-state index in [-0.39, 0.29) is 0 Å². The molecule has 3 nitrogen and oxygen atoms in total. The number of aromatic nitrogens is 1. The van der Waals surface area contributed by atoms with Crippen LogP contribution in [0.4, 0.5) is 0 Å². The Morgan fingerprint density at radius 1 is 1.53 bits per heavy atom. The number of nitrogens with one attached hydrogen (secondary N) is 1. The maximum atomic E-state index is 5.81. The average molecular weight is 227 g/mol. The lowest BCUT2D eigenvalue weighted by atomic mass is 9.89. The van der Waals surface area contributed by atoms with Crippen molar-refractivity contribution in [2.75, 3.05) is 6.54 Å². The van der Waals surface area contributed by atoms with E-state index in [1.807, 2.05) is 0 Å². The highest BCUT2D eigenvalue weighted by molar-refractivity contribution is 6.30. The van der Waals surface area contributed by atoms with Gasteiger partial charge in [0, 0.05) is 18.3 Å². The molecular formula is C11H15ClN2O. The average Bonchev–Trinajstić information content (AvgIpc) is 2.15. The molecule has 0 amide bonds. The zero-order valence-corrected chi connectivity index (χ0v) is 9.50. The highest BCUT2D eigenvalue weighted by Crippen LogP contribution is 2.26. The standard InChI is InChI=1S/C11H15ClN2O/c1-2-14-9-4-10(5-9)15-11-3-8(12)6-13-7-11/h3,6-7,9-10,14H,2,4-5H2,1H3. The van der Waals surface area contributed by atoms with Gasteiger partial charge in [0.1, 0.15) is 11.9 Å². The molecule has 15 heavy (non-hydrogen) atoms. The topological polar surface area (TPSA) is 34.1 Å². The van der Waals surface area contributed by atoms with Crippen molar-refractivity contribution in [3.63, 3.8) is 0 Å². The first-order valence-corrected chi connectivity index (χ1v) is 5.66. The van der Waals surface area contributed by atoms with Gasteiger partial charge in [-0.15, -0.1) is 0 Å². The van der Waals surface area contributed by atoms with Crippen molar-refractivity contribution in [2.45, 2.75) is 31.9 Å². The third-order valence-electron chi connectivity index (χ3n) is 2.57. The van der Waals surface area contributed by atoms with Gasteiger partial charge in [0.2, 0.25) is 0 Å². The monoisotopic (exact) mass is 226 g/mol. The summed E-state index contributed by atoms with van der Waals surface area (Å²) in [5, 5.41) is 4.01. The first kappa shape index (κ1) is 10.7. The van der Waals surface area contributed by atoms with Gasteiger partial charge in [-0.05, 0) is 19.4 Å². The van der Waals surface area contributed by atoms with Crippen LogP contribution in [-0.4, -0.2) is 23.7 Å². The van der Waals surface area contributed by atoms with Gasteiger partial charge >= 0.3 is 0 Å². The molecule has 1 saturated carbocycles. The van der Waals surface area contributed by atoms with Crippen molar-refractivity contribution in [2.24, 2.45) is 0 Å². The molecule has 1 aliphatic rings. The lowest BCUT2D eigenvalue weighted by Gasteiger charge is -2.35. The SMILES string of the molecule is CCNC1CC(Oc2cncc(Cl)c2)C1. The molecule has 0 bridgehead atoms. The Bertz CT molecular complexity index is 326. The number of pyridine rings is 1. The first-order chi connectivity index (χ1) is 7.28. The molecule has 1 heterocycles. The molecular weight excluding hydrogens is 212 g/mol. The molecule has 0 atom stereocenters. The summed E-state index contributed by atoms with van der Waals surface area (Å²) < 4.78 is 5.72. The maximum Gasteiger partial charge on any atom is 0.139 e.